The van der Waals surface area contributed by atoms with Crippen molar-refractivity contribution in [3.8, 4) is 11.7 Å². The van der Waals surface area contributed by atoms with Crippen molar-refractivity contribution in [2.45, 2.75) is 25.9 Å². The van der Waals surface area contributed by atoms with Gasteiger partial charge in [-0.05, 0) is 32.9 Å². The largest absolute Gasteiger partial charge is 0.493 e. The van der Waals surface area contributed by atoms with Gasteiger partial charge in [-0.2, -0.15) is 19.6 Å². The highest BCUT2D eigenvalue weighted by Crippen LogP contribution is 2.16. The minimum absolute atomic E-state index is 0.442. The summed E-state index contributed by atoms with van der Waals surface area (Å²) in [6.07, 6.45) is 1.62. The van der Waals surface area contributed by atoms with E-state index in [0.717, 1.165) is 31.1 Å². The molecule has 0 aliphatic heterocycles. The predicted octanol–water partition coefficient (Wildman–Crippen LogP) is 2.90. The van der Waals surface area contributed by atoms with Gasteiger partial charge in [-0.15, -0.1) is 5.10 Å². The second-order valence-electron chi connectivity index (χ2n) is 5.94. The Kier molecular flexibility index (Phi) is 7.62. The van der Waals surface area contributed by atoms with E-state index in [1.165, 1.54) is 11.8 Å². The first kappa shape index (κ1) is 20.8. The number of hydrogen-bond donors (Lipinski definition) is 1. The van der Waals surface area contributed by atoms with Crippen LogP contribution in [0.3, 0.4) is 0 Å². The molecular formula is C19H26N8OS. The molecular weight excluding hydrogens is 388 g/mol. The summed E-state index contributed by atoms with van der Waals surface area (Å²) in [6.45, 7) is 9.06. The molecule has 0 aliphatic carbocycles. The van der Waals surface area contributed by atoms with Gasteiger partial charge in [0.05, 0.1) is 6.61 Å². The van der Waals surface area contributed by atoms with Crippen LogP contribution in [-0.2, 0) is 0 Å². The molecule has 1 N–H and O–H groups in total. The molecule has 0 unspecified atom stereocenters. The van der Waals surface area contributed by atoms with Crippen LogP contribution in [0.5, 0.6) is 5.75 Å². The molecule has 0 spiro atoms. The first-order chi connectivity index (χ1) is 14.2. The molecule has 29 heavy (non-hydrogen) atoms. The Morgan fingerprint density at radius 3 is 2.59 bits per heavy atom. The molecule has 0 saturated heterocycles. The lowest BCUT2D eigenvalue weighted by Gasteiger charge is -2.19. The molecule has 0 bridgehead atoms. The summed E-state index contributed by atoms with van der Waals surface area (Å²) in [6, 6.07) is 9.75. The molecule has 10 heteroatoms. The molecule has 3 aromatic rings. The lowest BCUT2D eigenvalue weighted by atomic mass is 10.3. The highest BCUT2D eigenvalue weighted by Gasteiger charge is 2.14. The topological polar surface area (TPSA) is 93.9 Å². The van der Waals surface area contributed by atoms with Crippen molar-refractivity contribution in [2.75, 3.05) is 42.2 Å². The molecule has 0 aliphatic rings. The Bertz CT molecular complexity index is 885. The van der Waals surface area contributed by atoms with Crippen LogP contribution in [0.2, 0.25) is 0 Å². The van der Waals surface area contributed by atoms with Crippen molar-refractivity contribution in [1.82, 2.24) is 29.7 Å². The van der Waals surface area contributed by atoms with Crippen molar-refractivity contribution in [2.24, 2.45) is 0 Å². The molecule has 3 rings (SSSR count). The number of rotatable bonds is 11. The number of nitrogens with one attached hydrogen (secondary N) is 1. The van der Waals surface area contributed by atoms with Crippen LogP contribution in [-0.4, -0.2) is 61.7 Å². The van der Waals surface area contributed by atoms with Crippen molar-refractivity contribution < 1.29 is 4.74 Å². The summed E-state index contributed by atoms with van der Waals surface area (Å²) in [5.74, 6) is 3.19. The third kappa shape index (κ3) is 5.80. The van der Waals surface area contributed by atoms with Gasteiger partial charge in [-0.1, -0.05) is 30.0 Å². The van der Waals surface area contributed by atoms with Crippen molar-refractivity contribution in [3.05, 3.63) is 36.7 Å². The third-order valence-electron chi connectivity index (χ3n) is 4.00. The monoisotopic (exact) mass is 414 g/mol. The van der Waals surface area contributed by atoms with E-state index < -0.39 is 0 Å². The zero-order valence-electron chi connectivity index (χ0n) is 16.9. The number of anilines is 2. The van der Waals surface area contributed by atoms with E-state index in [1.807, 2.05) is 37.3 Å². The average molecular weight is 415 g/mol. The number of aromatic nitrogens is 6. The second kappa shape index (κ2) is 10.6. The minimum Gasteiger partial charge on any atom is -0.493 e. The Morgan fingerprint density at radius 1 is 1.07 bits per heavy atom. The first-order valence-electron chi connectivity index (χ1n) is 9.71. The van der Waals surface area contributed by atoms with E-state index in [9.17, 15) is 0 Å². The molecule has 1 aromatic carbocycles. The normalized spacial score (nSPS) is 10.7. The van der Waals surface area contributed by atoms with Crippen molar-refractivity contribution in [1.29, 1.82) is 0 Å². The lowest BCUT2D eigenvalue weighted by molar-refractivity contribution is 0.344. The van der Waals surface area contributed by atoms with E-state index in [2.05, 4.69) is 49.1 Å². The Balaban J connectivity index is 1.66. The SMILES string of the molecule is CCNc1nc(N(CC)CC)nc(-n2cnc(SCCOc3ccccc3)n2)n1. The van der Waals surface area contributed by atoms with Crippen LogP contribution in [0.1, 0.15) is 20.8 Å². The highest BCUT2D eigenvalue weighted by atomic mass is 32.2. The van der Waals surface area contributed by atoms with Gasteiger partial charge >= 0.3 is 0 Å². The smallest absolute Gasteiger partial charge is 0.258 e. The molecule has 0 atom stereocenters. The first-order valence-corrected chi connectivity index (χ1v) is 10.7. The number of para-hydroxylation sites is 1. The van der Waals surface area contributed by atoms with Crippen LogP contribution < -0.4 is 15.0 Å². The van der Waals surface area contributed by atoms with Crippen LogP contribution >= 0.6 is 11.8 Å². The van der Waals surface area contributed by atoms with Gasteiger partial charge in [-0.3, -0.25) is 0 Å². The zero-order chi connectivity index (χ0) is 20.5. The fraction of sp³-hybridized carbons (Fsp3) is 0.421. The van der Waals surface area contributed by atoms with Crippen molar-refractivity contribution >= 4 is 23.7 Å². The van der Waals surface area contributed by atoms with Gasteiger partial charge in [0, 0.05) is 25.4 Å². The van der Waals surface area contributed by atoms with E-state index in [1.54, 1.807) is 11.0 Å². The molecule has 0 saturated carbocycles. The van der Waals surface area contributed by atoms with Gasteiger partial charge in [-0.25, -0.2) is 4.98 Å². The Labute approximate surface area is 174 Å². The van der Waals surface area contributed by atoms with Gasteiger partial charge < -0.3 is 15.0 Å². The Hall–Kier alpha value is -2.88. The van der Waals surface area contributed by atoms with E-state index >= 15 is 0 Å². The zero-order valence-corrected chi connectivity index (χ0v) is 17.8. The summed E-state index contributed by atoms with van der Waals surface area (Å²) in [5.41, 5.74) is 0. The van der Waals surface area contributed by atoms with Crippen molar-refractivity contribution in [3.63, 3.8) is 0 Å². The molecule has 0 radical (unpaired) electrons. The number of thioether (sulfide) groups is 1. The van der Waals surface area contributed by atoms with E-state index in [-0.39, 0.29) is 0 Å². The summed E-state index contributed by atoms with van der Waals surface area (Å²) >= 11 is 1.52. The molecule has 154 valence electrons. The second-order valence-corrected chi connectivity index (χ2v) is 7.01. The number of hydrogen-bond acceptors (Lipinski definition) is 9. The summed E-state index contributed by atoms with van der Waals surface area (Å²) in [7, 11) is 0. The molecule has 2 aromatic heterocycles. The van der Waals surface area contributed by atoms with Crippen LogP contribution in [0, 0.1) is 0 Å². The third-order valence-corrected chi connectivity index (χ3v) is 4.81. The quantitative estimate of drug-likeness (QED) is 0.375. The molecule has 0 fully saturated rings. The minimum atomic E-state index is 0.442. The molecule has 2 heterocycles. The highest BCUT2D eigenvalue weighted by molar-refractivity contribution is 7.99. The van der Waals surface area contributed by atoms with Gasteiger partial charge in [0.1, 0.15) is 12.1 Å². The maximum atomic E-state index is 5.70. The summed E-state index contributed by atoms with van der Waals surface area (Å²) < 4.78 is 7.28. The van der Waals surface area contributed by atoms with Crippen LogP contribution in [0.15, 0.2) is 41.8 Å². The van der Waals surface area contributed by atoms with E-state index in [0.29, 0.717) is 29.6 Å². The lowest BCUT2D eigenvalue weighted by Crippen LogP contribution is -2.25. The molecule has 0 amide bonds. The fourth-order valence-corrected chi connectivity index (χ4v) is 3.18. The Morgan fingerprint density at radius 2 is 1.86 bits per heavy atom. The van der Waals surface area contributed by atoms with Crippen LogP contribution in [0.4, 0.5) is 11.9 Å². The van der Waals surface area contributed by atoms with Gasteiger partial charge in [0.2, 0.25) is 17.1 Å². The maximum absolute atomic E-state index is 5.70. The predicted molar refractivity (Wildman–Crippen MR) is 115 cm³/mol. The van der Waals surface area contributed by atoms with Crippen LogP contribution in [0.25, 0.3) is 5.95 Å². The fourth-order valence-electron chi connectivity index (χ4n) is 2.56. The summed E-state index contributed by atoms with van der Waals surface area (Å²) in [4.78, 5) is 19.9. The number of nitrogens with zero attached hydrogens (tertiary/aromatic N) is 7. The maximum Gasteiger partial charge on any atom is 0.258 e. The standard InChI is InChI=1S/C19H26N8OS/c1-4-20-16-22-17(26(5-2)6-3)24-18(23-16)27-14-21-19(25-27)29-13-12-28-15-10-8-7-9-11-15/h7-11,14H,4-6,12-13H2,1-3H3,(H,20,22,23,24). The number of benzene rings is 1. The van der Waals surface area contributed by atoms with E-state index in [4.69, 9.17) is 4.74 Å². The summed E-state index contributed by atoms with van der Waals surface area (Å²) in [5, 5.41) is 8.30. The average Bonchev–Trinajstić information content (AvgIpc) is 3.22. The number of ether oxygens (including phenoxy) is 1. The van der Waals surface area contributed by atoms with Gasteiger partial charge in [0.15, 0.2) is 0 Å². The molecule has 9 nitrogen and oxygen atoms in total. The van der Waals surface area contributed by atoms with Gasteiger partial charge in [0.25, 0.3) is 5.95 Å².